The molecule has 0 aromatic carbocycles. The first-order valence-electron chi connectivity index (χ1n) is 5.28. The van der Waals surface area contributed by atoms with E-state index >= 15 is 0 Å². The summed E-state index contributed by atoms with van der Waals surface area (Å²) in [6, 6.07) is 3.22. The number of aromatic nitrogens is 1. The molecular formula is C12H14N2O4. The van der Waals surface area contributed by atoms with E-state index in [2.05, 4.69) is 4.98 Å². The van der Waals surface area contributed by atoms with E-state index in [1.807, 2.05) is 0 Å². The summed E-state index contributed by atoms with van der Waals surface area (Å²) in [6.45, 7) is 0.0485. The van der Waals surface area contributed by atoms with Gasteiger partial charge < -0.3 is 15.1 Å². The lowest BCUT2D eigenvalue weighted by Gasteiger charge is -2.15. The second kappa shape index (κ2) is 6.51. The number of pyridine rings is 1. The maximum absolute atomic E-state index is 12.0. The van der Waals surface area contributed by atoms with Gasteiger partial charge in [0.25, 0.3) is 5.91 Å². The Balaban J connectivity index is 3.01. The van der Waals surface area contributed by atoms with Gasteiger partial charge in [-0.1, -0.05) is 6.07 Å². The van der Waals surface area contributed by atoms with E-state index in [9.17, 15) is 9.59 Å². The molecule has 18 heavy (non-hydrogen) atoms. The molecule has 0 spiro atoms. The highest BCUT2D eigenvalue weighted by Gasteiger charge is 2.15. The van der Waals surface area contributed by atoms with Gasteiger partial charge in [0.1, 0.15) is 5.69 Å². The molecule has 6 nitrogen and oxygen atoms in total. The van der Waals surface area contributed by atoms with Crippen LogP contribution < -0.4 is 0 Å². The van der Waals surface area contributed by atoms with Crippen LogP contribution in [0.2, 0.25) is 0 Å². The quantitative estimate of drug-likeness (QED) is 0.731. The Morgan fingerprint density at radius 3 is 2.83 bits per heavy atom. The number of aliphatic carboxylic acids is 1. The molecule has 0 radical (unpaired) electrons. The molecule has 0 unspecified atom stereocenters. The van der Waals surface area contributed by atoms with Crippen LogP contribution >= 0.6 is 0 Å². The molecular weight excluding hydrogens is 236 g/mol. The molecule has 0 saturated heterocycles. The molecule has 1 amide bonds. The van der Waals surface area contributed by atoms with Gasteiger partial charge in [0.15, 0.2) is 0 Å². The number of likely N-dealkylation sites (N-methyl/N-ethyl adjacent to an activating group) is 1. The number of carbonyl (C=O) groups is 2. The van der Waals surface area contributed by atoms with E-state index < -0.39 is 5.97 Å². The van der Waals surface area contributed by atoms with Crippen molar-refractivity contribution in [2.75, 3.05) is 20.2 Å². The Bertz CT molecular complexity index is 471. The van der Waals surface area contributed by atoms with Gasteiger partial charge in [0, 0.05) is 31.4 Å². The molecule has 0 bridgehead atoms. The summed E-state index contributed by atoms with van der Waals surface area (Å²) < 4.78 is 0. The van der Waals surface area contributed by atoms with Crippen LogP contribution in [-0.4, -0.2) is 52.2 Å². The number of carboxylic acid groups (broad SMARTS) is 1. The number of rotatable bonds is 5. The molecule has 6 heteroatoms. The van der Waals surface area contributed by atoms with Gasteiger partial charge in [0.2, 0.25) is 0 Å². The largest absolute Gasteiger partial charge is 0.478 e. The van der Waals surface area contributed by atoms with Crippen molar-refractivity contribution in [2.45, 2.75) is 0 Å². The number of amides is 1. The minimum Gasteiger partial charge on any atom is -0.478 e. The Hall–Kier alpha value is -2.21. The molecule has 0 atom stereocenters. The van der Waals surface area contributed by atoms with Crippen molar-refractivity contribution < 1.29 is 19.8 Å². The zero-order valence-electron chi connectivity index (χ0n) is 9.91. The van der Waals surface area contributed by atoms with E-state index in [-0.39, 0.29) is 24.8 Å². The highest BCUT2D eigenvalue weighted by atomic mass is 16.4. The minimum absolute atomic E-state index is 0.143. The number of carboxylic acids is 1. The highest BCUT2D eigenvalue weighted by Crippen LogP contribution is 2.10. The molecule has 0 fully saturated rings. The van der Waals surface area contributed by atoms with Crippen molar-refractivity contribution in [1.82, 2.24) is 9.88 Å². The van der Waals surface area contributed by atoms with E-state index in [4.69, 9.17) is 10.2 Å². The van der Waals surface area contributed by atoms with Gasteiger partial charge in [-0.2, -0.15) is 0 Å². The van der Waals surface area contributed by atoms with E-state index in [0.29, 0.717) is 5.56 Å². The molecule has 1 rings (SSSR count). The SMILES string of the molecule is CN(CCO)C(=O)c1ncccc1/C=C/C(=O)O. The lowest BCUT2D eigenvalue weighted by atomic mass is 10.1. The predicted molar refractivity (Wildman–Crippen MR) is 65.0 cm³/mol. The number of carbonyl (C=O) groups excluding carboxylic acids is 1. The normalized spacial score (nSPS) is 10.6. The summed E-state index contributed by atoms with van der Waals surface area (Å²) in [5, 5.41) is 17.3. The fourth-order valence-electron chi connectivity index (χ4n) is 1.32. The first-order chi connectivity index (χ1) is 8.56. The third-order valence-corrected chi connectivity index (χ3v) is 2.23. The van der Waals surface area contributed by atoms with Crippen molar-refractivity contribution >= 4 is 18.0 Å². The van der Waals surface area contributed by atoms with Crippen LogP contribution in [0.15, 0.2) is 24.4 Å². The van der Waals surface area contributed by atoms with E-state index in [1.54, 1.807) is 12.1 Å². The van der Waals surface area contributed by atoms with Crippen LogP contribution in [0, 0.1) is 0 Å². The molecule has 1 aromatic rings. The van der Waals surface area contributed by atoms with Crippen molar-refractivity contribution in [3.8, 4) is 0 Å². The molecule has 1 heterocycles. The standard InChI is InChI=1S/C12H14N2O4/c1-14(7-8-15)12(18)11-9(3-2-6-13-11)4-5-10(16)17/h2-6,15H,7-8H2,1H3,(H,16,17)/b5-4+. The first-order valence-corrected chi connectivity index (χ1v) is 5.28. The number of hydrogen-bond donors (Lipinski definition) is 2. The molecule has 96 valence electrons. The van der Waals surface area contributed by atoms with Gasteiger partial charge in [-0.05, 0) is 12.1 Å². The lowest BCUT2D eigenvalue weighted by molar-refractivity contribution is -0.131. The van der Waals surface area contributed by atoms with Gasteiger partial charge in [0.05, 0.1) is 6.61 Å². The lowest BCUT2D eigenvalue weighted by Crippen LogP contribution is -2.30. The van der Waals surface area contributed by atoms with Crippen LogP contribution in [0.4, 0.5) is 0 Å². The number of nitrogens with zero attached hydrogens (tertiary/aromatic N) is 2. The van der Waals surface area contributed by atoms with Crippen LogP contribution in [-0.2, 0) is 4.79 Å². The molecule has 1 aromatic heterocycles. The Morgan fingerprint density at radius 2 is 2.22 bits per heavy atom. The van der Waals surface area contributed by atoms with Gasteiger partial charge in [-0.25, -0.2) is 4.79 Å². The van der Waals surface area contributed by atoms with Crippen LogP contribution in [0.5, 0.6) is 0 Å². The third-order valence-electron chi connectivity index (χ3n) is 2.23. The highest BCUT2D eigenvalue weighted by molar-refractivity contribution is 5.97. The number of aliphatic hydroxyl groups is 1. The summed E-state index contributed by atoms with van der Waals surface area (Å²) in [6.07, 6.45) is 3.72. The average molecular weight is 250 g/mol. The molecule has 0 aliphatic heterocycles. The van der Waals surface area contributed by atoms with Crippen molar-refractivity contribution in [3.63, 3.8) is 0 Å². The average Bonchev–Trinajstić information content (AvgIpc) is 2.36. The summed E-state index contributed by atoms with van der Waals surface area (Å²) >= 11 is 0. The fraction of sp³-hybridized carbons (Fsp3) is 0.250. The van der Waals surface area contributed by atoms with Crippen molar-refractivity contribution in [3.05, 3.63) is 35.7 Å². The summed E-state index contributed by atoms with van der Waals surface area (Å²) in [7, 11) is 1.54. The third kappa shape index (κ3) is 3.67. The maximum Gasteiger partial charge on any atom is 0.328 e. The van der Waals surface area contributed by atoms with Crippen LogP contribution in [0.3, 0.4) is 0 Å². The smallest absolute Gasteiger partial charge is 0.328 e. The minimum atomic E-state index is -1.10. The Labute approximate surface area is 104 Å². The molecule has 2 N–H and O–H groups in total. The molecule has 0 aliphatic rings. The van der Waals surface area contributed by atoms with Gasteiger partial charge in [-0.3, -0.25) is 9.78 Å². The van der Waals surface area contributed by atoms with Gasteiger partial charge in [-0.15, -0.1) is 0 Å². The van der Waals surface area contributed by atoms with E-state index in [0.717, 1.165) is 6.08 Å². The molecule has 0 aliphatic carbocycles. The van der Waals surface area contributed by atoms with Crippen molar-refractivity contribution in [1.29, 1.82) is 0 Å². The fourth-order valence-corrected chi connectivity index (χ4v) is 1.32. The Morgan fingerprint density at radius 1 is 1.50 bits per heavy atom. The monoisotopic (exact) mass is 250 g/mol. The number of aliphatic hydroxyl groups excluding tert-OH is 1. The maximum atomic E-state index is 12.0. The Kier molecular flexibility index (Phi) is 5.01. The molecule has 0 saturated carbocycles. The summed E-state index contributed by atoms with van der Waals surface area (Å²) in [4.78, 5) is 27.7. The first kappa shape index (κ1) is 13.9. The summed E-state index contributed by atoms with van der Waals surface area (Å²) in [5.41, 5.74) is 0.584. The zero-order valence-corrected chi connectivity index (χ0v) is 9.91. The number of hydrogen-bond acceptors (Lipinski definition) is 4. The van der Waals surface area contributed by atoms with Gasteiger partial charge >= 0.3 is 5.97 Å². The second-order valence-corrected chi connectivity index (χ2v) is 3.56. The van der Waals surface area contributed by atoms with Crippen molar-refractivity contribution in [2.24, 2.45) is 0 Å². The predicted octanol–water partition coefficient (Wildman–Crippen LogP) is 0.244. The topological polar surface area (TPSA) is 90.7 Å². The second-order valence-electron chi connectivity index (χ2n) is 3.56. The van der Waals surface area contributed by atoms with Crippen LogP contribution in [0.1, 0.15) is 16.1 Å². The van der Waals surface area contributed by atoms with Crippen LogP contribution in [0.25, 0.3) is 6.08 Å². The summed E-state index contributed by atoms with van der Waals surface area (Å²) in [5.74, 6) is -1.46. The zero-order chi connectivity index (χ0) is 13.5. The van der Waals surface area contributed by atoms with E-state index in [1.165, 1.54) is 24.2 Å².